The normalized spacial score (nSPS) is 14.9. The minimum absolute atomic E-state index is 0.108. The molecule has 0 saturated carbocycles. The molecule has 142 valence electrons. The number of rotatable bonds is 5. The highest BCUT2D eigenvalue weighted by molar-refractivity contribution is 7.16. The van der Waals surface area contributed by atoms with Gasteiger partial charge in [0, 0.05) is 12.8 Å². The molecule has 1 saturated heterocycles. The molecule has 0 atom stereocenters. The van der Waals surface area contributed by atoms with Gasteiger partial charge in [-0.25, -0.2) is 0 Å². The molecule has 1 fully saturated rings. The molecule has 0 bridgehead atoms. The second-order valence-electron chi connectivity index (χ2n) is 5.76. The standard InChI is InChI=1S/C17H17N3O6S/c1-25-10-3-4-11-12(7-10)27-17(19(11)9-16(24)26-2)18-13(21)8-20-14(22)5-6-15(20)23/h3-4,7H,5-6,8-9H2,1-2H3. The van der Waals surface area contributed by atoms with Crippen molar-refractivity contribution in [2.75, 3.05) is 20.8 Å². The summed E-state index contributed by atoms with van der Waals surface area (Å²) in [6.45, 7) is -0.538. The van der Waals surface area contributed by atoms with Crippen molar-refractivity contribution in [1.82, 2.24) is 9.47 Å². The van der Waals surface area contributed by atoms with Gasteiger partial charge in [0.05, 0.1) is 24.4 Å². The first-order valence-electron chi connectivity index (χ1n) is 8.08. The lowest BCUT2D eigenvalue weighted by molar-refractivity contribution is -0.142. The van der Waals surface area contributed by atoms with E-state index in [2.05, 4.69) is 4.99 Å². The van der Waals surface area contributed by atoms with Gasteiger partial charge in [0.2, 0.25) is 11.8 Å². The predicted octanol–water partition coefficient (Wildman–Crippen LogP) is 0.461. The molecule has 27 heavy (non-hydrogen) atoms. The molecule has 9 nitrogen and oxygen atoms in total. The van der Waals surface area contributed by atoms with Crippen molar-refractivity contribution in [1.29, 1.82) is 0 Å². The van der Waals surface area contributed by atoms with Crippen LogP contribution in [0.15, 0.2) is 23.2 Å². The predicted molar refractivity (Wildman–Crippen MR) is 94.9 cm³/mol. The number of likely N-dealkylation sites (tertiary alicyclic amines) is 1. The highest BCUT2D eigenvalue weighted by Crippen LogP contribution is 2.23. The zero-order valence-electron chi connectivity index (χ0n) is 14.8. The van der Waals surface area contributed by atoms with Gasteiger partial charge in [0.25, 0.3) is 5.91 Å². The number of nitrogens with zero attached hydrogens (tertiary/aromatic N) is 3. The third-order valence-corrected chi connectivity index (χ3v) is 5.11. The van der Waals surface area contributed by atoms with Gasteiger partial charge in [0.15, 0.2) is 4.80 Å². The van der Waals surface area contributed by atoms with E-state index in [0.717, 1.165) is 9.60 Å². The number of carbonyl (C=O) groups excluding carboxylic acids is 4. The number of methoxy groups -OCH3 is 2. The highest BCUT2D eigenvalue weighted by atomic mass is 32.1. The first-order valence-corrected chi connectivity index (χ1v) is 8.89. The van der Waals surface area contributed by atoms with Gasteiger partial charge < -0.3 is 14.0 Å². The van der Waals surface area contributed by atoms with Crippen molar-refractivity contribution in [2.24, 2.45) is 4.99 Å². The zero-order valence-corrected chi connectivity index (χ0v) is 15.6. The Morgan fingerprint density at radius 2 is 1.85 bits per heavy atom. The van der Waals surface area contributed by atoms with E-state index in [-0.39, 0.29) is 36.0 Å². The Hall–Kier alpha value is -3.01. The lowest BCUT2D eigenvalue weighted by Gasteiger charge is -2.10. The second-order valence-corrected chi connectivity index (χ2v) is 6.77. The molecule has 3 rings (SSSR count). The number of hydrogen-bond donors (Lipinski definition) is 0. The van der Waals surface area contributed by atoms with Crippen LogP contribution in [0.5, 0.6) is 5.75 Å². The van der Waals surface area contributed by atoms with Gasteiger partial charge in [-0.15, -0.1) is 0 Å². The van der Waals surface area contributed by atoms with Crippen LogP contribution in [0, 0.1) is 0 Å². The van der Waals surface area contributed by atoms with Crippen molar-refractivity contribution in [3.63, 3.8) is 0 Å². The van der Waals surface area contributed by atoms with E-state index in [1.54, 1.807) is 22.8 Å². The lowest BCUT2D eigenvalue weighted by Crippen LogP contribution is -2.34. The van der Waals surface area contributed by atoms with E-state index in [1.807, 2.05) is 0 Å². The van der Waals surface area contributed by atoms with Gasteiger partial charge >= 0.3 is 5.97 Å². The van der Waals surface area contributed by atoms with Crippen LogP contribution in [-0.4, -0.2) is 53.9 Å². The molecule has 2 aromatic rings. The zero-order chi connectivity index (χ0) is 19.6. The van der Waals surface area contributed by atoms with Gasteiger partial charge in [-0.2, -0.15) is 4.99 Å². The van der Waals surface area contributed by atoms with E-state index in [9.17, 15) is 19.2 Å². The van der Waals surface area contributed by atoms with Crippen molar-refractivity contribution >= 4 is 45.2 Å². The molecule has 1 aliphatic rings. The van der Waals surface area contributed by atoms with Crippen LogP contribution in [0.1, 0.15) is 12.8 Å². The summed E-state index contributed by atoms with van der Waals surface area (Å²) in [5, 5.41) is 0. The molecule has 0 aliphatic carbocycles. The van der Waals surface area contributed by atoms with Crippen LogP contribution in [0.2, 0.25) is 0 Å². The van der Waals surface area contributed by atoms with E-state index < -0.39 is 18.4 Å². The smallest absolute Gasteiger partial charge is 0.325 e. The number of aromatic nitrogens is 1. The van der Waals surface area contributed by atoms with Crippen LogP contribution in [0.4, 0.5) is 0 Å². The maximum Gasteiger partial charge on any atom is 0.325 e. The maximum absolute atomic E-state index is 12.3. The Balaban J connectivity index is 2.00. The number of fused-ring (bicyclic) bond motifs is 1. The molecular formula is C17H17N3O6S. The van der Waals surface area contributed by atoms with Gasteiger partial charge in [0.1, 0.15) is 18.8 Å². The summed E-state index contributed by atoms with van der Waals surface area (Å²) in [4.78, 5) is 52.6. The molecule has 3 amide bonds. The summed E-state index contributed by atoms with van der Waals surface area (Å²) < 4.78 is 12.2. The molecule has 1 aliphatic heterocycles. The number of ether oxygens (including phenoxy) is 2. The molecule has 2 heterocycles. The Bertz CT molecular complexity index is 990. The minimum Gasteiger partial charge on any atom is -0.497 e. The third-order valence-electron chi connectivity index (χ3n) is 4.07. The minimum atomic E-state index is -0.643. The Morgan fingerprint density at radius 3 is 2.48 bits per heavy atom. The molecule has 0 N–H and O–H groups in total. The van der Waals surface area contributed by atoms with Crippen molar-refractivity contribution in [3.8, 4) is 5.75 Å². The third kappa shape index (κ3) is 3.90. The van der Waals surface area contributed by atoms with E-state index >= 15 is 0 Å². The Labute approximate surface area is 157 Å². The molecule has 1 aromatic carbocycles. The quantitative estimate of drug-likeness (QED) is 0.541. The summed E-state index contributed by atoms with van der Waals surface area (Å²) in [6, 6.07) is 5.26. The maximum atomic E-state index is 12.3. The van der Waals surface area contributed by atoms with Crippen molar-refractivity contribution in [2.45, 2.75) is 19.4 Å². The fourth-order valence-corrected chi connectivity index (χ4v) is 3.76. The first-order chi connectivity index (χ1) is 12.9. The molecule has 0 unspecified atom stereocenters. The topological polar surface area (TPSA) is 107 Å². The van der Waals surface area contributed by atoms with Crippen molar-refractivity contribution in [3.05, 3.63) is 23.0 Å². The monoisotopic (exact) mass is 391 g/mol. The largest absolute Gasteiger partial charge is 0.497 e. The summed E-state index contributed by atoms with van der Waals surface area (Å²) in [5.74, 6) is -1.28. The van der Waals surface area contributed by atoms with E-state index in [1.165, 1.54) is 25.6 Å². The average molecular weight is 391 g/mol. The summed E-state index contributed by atoms with van der Waals surface area (Å²) >= 11 is 1.19. The summed E-state index contributed by atoms with van der Waals surface area (Å²) in [5.41, 5.74) is 0.686. The van der Waals surface area contributed by atoms with Crippen LogP contribution in [0.25, 0.3) is 10.2 Å². The number of amides is 3. The fourth-order valence-electron chi connectivity index (χ4n) is 2.69. The number of esters is 1. The SMILES string of the molecule is COC(=O)Cn1c(=NC(=O)CN2C(=O)CCC2=O)sc2cc(OC)ccc21. The van der Waals surface area contributed by atoms with Crippen LogP contribution < -0.4 is 9.54 Å². The molecule has 0 spiro atoms. The highest BCUT2D eigenvalue weighted by Gasteiger charge is 2.30. The Morgan fingerprint density at radius 1 is 1.15 bits per heavy atom. The first kappa shape index (κ1) is 18.8. The van der Waals surface area contributed by atoms with E-state index in [0.29, 0.717) is 11.3 Å². The number of imide groups is 1. The number of thiazole rings is 1. The van der Waals surface area contributed by atoms with Gasteiger partial charge in [-0.05, 0) is 18.2 Å². The van der Waals surface area contributed by atoms with Crippen LogP contribution >= 0.6 is 11.3 Å². The lowest BCUT2D eigenvalue weighted by atomic mass is 10.3. The summed E-state index contributed by atoms with van der Waals surface area (Å²) in [6.07, 6.45) is 0.217. The van der Waals surface area contributed by atoms with Crippen molar-refractivity contribution < 1.29 is 28.7 Å². The fraction of sp³-hybridized carbons (Fsp3) is 0.353. The average Bonchev–Trinajstić information content (AvgIpc) is 3.15. The molecular weight excluding hydrogens is 374 g/mol. The second kappa shape index (κ2) is 7.70. The van der Waals surface area contributed by atoms with Gasteiger partial charge in [-0.1, -0.05) is 11.3 Å². The number of hydrogen-bond acceptors (Lipinski definition) is 7. The summed E-state index contributed by atoms with van der Waals surface area (Å²) in [7, 11) is 2.81. The molecule has 0 radical (unpaired) electrons. The molecule has 1 aromatic heterocycles. The van der Waals surface area contributed by atoms with Crippen LogP contribution in [-0.2, 0) is 30.5 Å². The molecule has 10 heteroatoms. The van der Waals surface area contributed by atoms with E-state index in [4.69, 9.17) is 9.47 Å². The van der Waals surface area contributed by atoms with Crippen LogP contribution in [0.3, 0.4) is 0 Å². The number of carbonyl (C=O) groups is 4. The number of benzene rings is 1. The Kier molecular flexibility index (Phi) is 5.36. The van der Waals surface area contributed by atoms with Gasteiger partial charge in [-0.3, -0.25) is 24.1 Å².